The molecule has 1 aliphatic rings. The number of carbonyl (C=O) groups excluding carboxylic acids is 1. The van der Waals surface area contributed by atoms with Crippen molar-refractivity contribution in [2.45, 2.75) is 52.2 Å². The number of benzene rings is 1. The van der Waals surface area contributed by atoms with Gasteiger partial charge in [0.25, 0.3) is 5.91 Å². The van der Waals surface area contributed by atoms with E-state index in [0.717, 1.165) is 42.9 Å². The van der Waals surface area contributed by atoms with Crippen molar-refractivity contribution in [2.75, 3.05) is 6.54 Å². The van der Waals surface area contributed by atoms with Crippen molar-refractivity contribution >= 4 is 18.3 Å². The van der Waals surface area contributed by atoms with Crippen molar-refractivity contribution in [3.63, 3.8) is 0 Å². The Morgan fingerprint density at radius 1 is 1.28 bits per heavy atom. The molecular weight excluding hydrogens is 334 g/mol. The number of carbonyl (C=O) groups is 1. The van der Waals surface area contributed by atoms with Crippen LogP contribution in [0, 0.1) is 13.8 Å². The molecule has 3 rings (SSSR count). The monoisotopic (exact) mass is 361 g/mol. The van der Waals surface area contributed by atoms with E-state index in [1.807, 2.05) is 19.1 Å². The van der Waals surface area contributed by atoms with Crippen LogP contribution in [0.25, 0.3) is 0 Å². The van der Waals surface area contributed by atoms with Crippen LogP contribution in [-0.2, 0) is 6.54 Å². The molecule has 2 atom stereocenters. The highest BCUT2D eigenvalue weighted by atomic mass is 35.5. The van der Waals surface area contributed by atoms with Gasteiger partial charge in [0.05, 0.1) is 5.56 Å². The molecule has 2 heterocycles. The lowest BCUT2D eigenvalue weighted by molar-refractivity contribution is 0.0925. The summed E-state index contributed by atoms with van der Waals surface area (Å²) in [6.07, 6.45) is 1.99. The summed E-state index contributed by atoms with van der Waals surface area (Å²) in [6.45, 7) is 8.05. The summed E-state index contributed by atoms with van der Waals surface area (Å²) in [5, 5.41) is 6.64. The second kappa shape index (κ2) is 8.54. The van der Waals surface area contributed by atoms with Gasteiger partial charge in [0.15, 0.2) is 0 Å². The zero-order chi connectivity index (χ0) is 17.1. The van der Waals surface area contributed by atoms with Crippen molar-refractivity contribution in [1.82, 2.24) is 15.2 Å². The van der Waals surface area contributed by atoms with E-state index in [2.05, 4.69) is 53.3 Å². The van der Waals surface area contributed by atoms with Crippen molar-refractivity contribution < 1.29 is 4.79 Å². The van der Waals surface area contributed by atoms with Gasteiger partial charge in [-0.1, -0.05) is 30.3 Å². The predicted octanol–water partition coefficient (Wildman–Crippen LogP) is 3.45. The summed E-state index contributed by atoms with van der Waals surface area (Å²) in [7, 11) is 0. The van der Waals surface area contributed by atoms with Crippen molar-refractivity contribution in [1.29, 1.82) is 0 Å². The number of halogens is 1. The van der Waals surface area contributed by atoms with E-state index < -0.39 is 0 Å². The van der Waals surface area contributed by atoms with E-state index >= 15 is 0 Å². The molecule has 0 aliphatic carbocycles. The predicted molar refractivity (Wildman–Crippen MR) is 105 cm³/mol. The second-order valence-corrected chi connectivity index (χ2v) is 6.91. The first-order valence-electron chi connectivity index (χ1n) is 8.79. The van der Waals surface area contributed by atoms with Crippen LogP contribution in [0.3, 0.4) is 0 Å². The SMILES string of the molecule is Cc1cc(C(=O)NC2CCNC(C)C2)c(C)n1Cc1ccccc1.Cl. The first kappa shape index (κ1) is 19.5. The van der Waals surface area contributed by atoms with Crippen LogP contribution in [0.5, 0.6) is 0 Å². The van der Waals surface area contributed by atoms with Crippen LogP contribution in [0.15, 0.2) is 36.4 Å². The van der Waals surface area contributed by atoms with Gasteiger partial charge in [0.1, 0.15) is 0 Å². The van der Waals surface area contributed by atoms with Gasteiger partial charge in [-0.3, -0.25) is 4.79 Å². The van der Waals surface area contributed by atoms with E-state index in [9.17, 15) is 4.79 Å². The lowest BCUT2D eigenvalue weighted by atomic mass is 10.0. The van der Waals surface area contributed by atoms with Crippen LogP contribution < -0.4 is 10.6 Å². The van der Waals surface area contributed by atoms with E-state index in [0.29, 0.717) is 6.04 Å². The van der Waals surface area contributed by atoms with Gasteiger partial charge in [-0.25, -0.2) is 0 Å². The summed E-state index contributed by atoms with van der Waals surface area (Å²) in [5.41, 5.74) is 4.21. The number of hydrogen-bond donors (Lipinski definition) is 2. The normalized spacial score (nSPS) is 20.0. The molecule has 136 valence electrons. The fraction of sp³-hybridized carbons (Fsp3) is 0.450. The zero-order valence-corrected chi connectivity index (χ0v) is 16.0. The Bertz CT molecular complexity index is 711. The lowest BCUT2D eigenvalue weighted by Crippen LogP contribution is -2.46. The number of aryl methyl sites for hydroxylation is 1. The van der Waals surface area contributed by atoms with E-state index in [4.69, 9.17) is 0 Å². The van der Waals surface area contributed by atoms with Crippen LogP contribution in [0.1, 0.15) is 47.1 Å². The van der Waals surface area contributed by atoms with Crippen LogP contribution in [0.4, 0.5) is 0 Å². The Morgan fingerprint density at radius 2 is 2.00 bits per heavy atom. The van der Waals surface area contributed by atoms with Gasteiger partial charge >= 0.3 is 0 Å². The molecule has 1 aromatic carbocycles. The van der Waals surface area contributed by atoms with Crippen LogP contribution >= 0.6 is 12.4 Å². The summed E-state index contributed by atoms with van der Waals surface area (Å²) < 4.78 is 2.22. The number of nitrogens with zero attached hydrogens (tertiary/aromatic N) is 1. The Kier molecular flexibility index (Phi) is 6.68. The van der Waals surface area contributed by atoms with Gasteiger partial charge < -0.3 is 15.2 Å². The van der Waals surface area contributed by atoms with Gasteiger partial charge in [-0.15, -0.1) is 12.4 Å². The number of nitrogens with one attached hydrogen (secondary N) is 2. The number of amides is 1. The Labute approximate surface area is 156 Å². The fourth-order valence-corrected chi connectivity index (χ4v) is 3.57. The van der Waals surface area contributed by atoms with Gasteiger partial charge in [-0.2, -0.15) is 0 Å². The Balaban J connectivity index is 0.00000225. The highest BCUT2D eigenvalue weighted by molar-refractivity contribution is 5.95. The Morgan fingerprint density at radius 3 is 2.68 bits per heavy atom. The molecule has 4 nitrogen and oxygen atoms in total. The molecule has 2 N–H and O–H groups in total. The molecular formula is C20H28ClN3O. The molecule has 5 heteroatoms. The smallest absolute Gasteiger partial charge is 0.253 e. The minimum atomic E-state index is 0. The fourth-order valence-electron chi connectivity index (χ4n) is 3.57. The van der Waals surface area contributed by atoms with E-state index in [1.165, 1.54) is 5.56 Å². The molecule has 0 spiro atoms. The third-order valence-electron chi connectivity index (χ3n) is 4.96. The first-order chi connectivity index (χ1) is 11.5. The molecule has 25 heavy (non-hydrogen) atoms. The maximum Gasteiger partial charge on any atom is 0.253 e. The standard InChI is InChI=1S/C20H27N3O.ClH/c1-14-11-18(9-10-21-14)22-20(24)19-12-15(2)23(16(19)3)13-17-7-5-4-6-8-17;/h4-8,12,14,18,21H,9-11,13H2,1-3H3,(H,22,24);1H. The largest absolute Gasteiger partial charge is 0.349 e. The molecule has 1 aliphatic heterocycles. The third-order valence-corrected chi connectivity index (χ3v) is 4.96. The minimum absolute atomic E-state index is 0. The maximum absolute atomic E-state index is 12.7. The third kappa shape index (κ3) is 4.65. The van der Waals surface area contributed by atoms with Crippen molar-refractivity contribution in [2.24, 2.45) is 0 Å². The van der Waals surface area contributed by atoms with E-state index in [-0.39, 0.29) is 24.4 Å². The van der Waals surface area contributed by atoms with Gasteiger partial charge in [0.2, 0.25) is 0 Å². The molecule has 1 aromatic heterocycles. The number of hydrogen-bond acceptors (Lipinski definition) is 2. The average Bonchev–Trinajstić information content (AvgIpc) is 2.84. The molecule has 0 bridgehead atoms. The summed E-state index contributed by atoms with van der Waals surface area (Å²) in [5.74, 6) is 0.0570. The maximum atomic E-state index is 12.7. The molecule has 0 saturated carbocycles. The minimum Gasteiger partial charge on any atom is -0.349 e. The highest BCUT2D eigenvalue weighted by Crippen LogP contribution is 2.18. The first-order valence-corrected chi connectivity index (χ1v) is 8.79. The van der Waals surface area contributed by atoms with Crippen molar-refractivity contribution in [3.05, 3.63) is 58.9 Å². The molecule has 1 fully saturated rings. The quantitative estimate of drug-likeness (QED) is 0.876. The second-order valence-electron chi connectivity index (χ2n) is 6.91. The lowest BCUT2D eigenvalue weighted by Gasteiger charge is -2.28. The van der Waals surface area contributed by atoms with E-state index in [1.54, 1.807) is 0 Å². The van der Waals surface area contributed by atoms with Gasteiger partial charge in [0, 0.05) is 30.0 Å². The van der Waals surface area contributed by atoms with Crippen molar-refractivity contribution in [3.8, 4) is 0 Å². The number of rotatable bonds is 4. The molecule has 1 saturated heterocycles. The highest BCUT2D eigenvalue weighted by Gasteiger charge is 2.22. The summed E-state index contributed by atoms with van der Waals surface area (Å²) in [6, 6.07) is 13.1. The number of aromatic nitrogens is 1. The summed E-state index contributed by atoms with van der Waals surface area (Å²) in [4.78, 5) is 12.7. The average molecular weight is 362 g/mol. The molecule has 2 aromatic rings. The Hall–Kier alpha value is -1.78. The molecule has 2 unspecified atom stereocenters. The zero-order valence-electron chi connectivity index (χ0n) is 15.2. The van der Waals surface area contributed by atoms with Crippen LogP contribution in [0.2, 0.25) is 0 Å². The van der Waals surface area contributed by atoms with Gasteiger partial charge in [-0.05, 0) is 51.8 Å². The summed E-state index contributed by atoms with van der Waals surface area (Å²) >= 11 is 0. The molecule has 1 amide bonds. The number of piperidine rings is 1. The van der Waals surface area contributed by atoms with Crippen LogP contribution in [-0.4, -0.2) is 29.1 Å². The molecule has 0 radical (unpaired) electrons. The topological polar surface area (TPSA) is 46.1 Å².